The van der Waals surface area contributed by atoms with Crippen molar-refractivity contribution in [3.8, 4) is 0 Å². The van der Waals surface area contributed by atoms with Crippen molar-refractivity contribution in [2.75, 3.05) is 13.2 Å². The van der Waals surface area contributed by atoms with Crippen LogP contribution in [0, 0.1) is 0 Å². The molecule has 2 saturated heterocycles. The van der Waals surface area contributed by atoms with E-state index in [2.05, 4.69) is 0 Å². The fourth-order valence-corrected chi connectivity index (χ4v) is 8.34. The number of hydrogen-bond acceptors (Lipinski definition) is 12. The van der Waals surface area contributed by atoms with E-state index in [1.807, 2.05) is 182 Å². The Morgan fingerprint density at radius 1 is 0.397 bits per heavy atom. The molecule has 0 spiro atoms. The second kappa shape index (κ2) is 25.7. The van der Waals surface area contributed by atoms with Gasteiger partial charge in [0.25, 0.3) is 0 Å². The molecule has 2 aliphatic heterocycles. The monoisotopic (exact) mass is 924 g/mol. The van der Waals surface area contributed by atoms with Gasteiger partial charge < -0.3 is 52.5 Å². The largest absolute Gasteiger partial charge is 0.454 e. The van der Waals surface area contributed by atoms with Gasteiger partial charge in [-0.2, -0.15) is 0 Å². The molecule has 2 aliphatic rings. The number of carbonyl (C=O) groups excluding carboxylic acids is 1. The summed E-state index contributed by atoms with van der Waals surface area (Å²) >= 11 is 0. The second-order valence-corrected chi connectivity index (χ2v) is 16.8. The third-order valence-electron chi connectivity index (χ3n) is 11.7. The summed E-state index contributed by atoms with van der Waals surface area (Å²) in [5.41, 5.74) is 5.59. The first kappa shape index (κ1) is 48.8. The summed E-state index contributed by atoms with van der Waals surface area (Å²) in [7, 11) is 0. The molecule has 8 rings (SSSR count). The summed E-state index contributed by atoms with van der Waals surface area (Å²) < 4.78 is 65.7. The minimum atomic E-state index is -1.45. The third kappa shape index (κ3) is 14.2. The first-order valence-electron chi connectivity index (χ1n) is 23.1. The molecule has 0 unspecified atom stereocenters. The molecule has 0 aromatic heterocycles. The van der Waals surface area contributed by atoms with Crippen LogP contribution in [-0.2, 0) is 91.8 Å². The van der Waals surface area contributed by atoms with Crippen LogP contribution in [0.5, 0.6) is 0 Å². The average Bonchev–Trinajstić information content (AvgIpc) is 3.38. The van der Waals surface area contributed by atoms with Crippen LogP contribution in [0.4, 0.5) is 0 Å². The maximum Gasteiger partial charge on any atom is 0.303 e. The highest BCUT2D eigenvalue weighted by atomic mass is 16.7. The summed E-state index contributed by atoms with van der Waals surface area (Å²) in [6.45, 7) is 2.54. The van der Waals surface area contributed by atoms with Crippen LogP contribution in [0.15, 0.2) is 182 Å². The minimum absolute atomic E-state index is 0.0868. The van der Waals surface area contributed by atoms with Crippen molar-refractivity contribution in [2.45, 2.75) is 108 Å². The maximum absolute atomic E-state index is 13.1. The van der Waals surface area contributed by atoms with Gasteiger partial charge in [-0.3, -0.25) is 4.79 Å². The average molecular weight is 925 g/mol. The quantitative estimate of drug-likeness (QED) is 0.0619. The van der Waals surface area contributed by atoms with Gasteiger partial charge in [-0.15, -0.1) is 0 Å². The van der Waals surface area contributed by atoms with E-state index < -0.39 is 67.4 Å². The molecule has 0 aliphatic carbocycles. The van der Waals surface area contributed by atoms with Crippen LogP contribution < -0.4 is 0 Å². The van der Waals surface area contributed by atoms with Gasteiger partial charge in [0.1, 0.15) is 42.7 Å². The molecule has 10 atom stereocenters. The van der Waals surface area contributed by atoms with Gasteiger partial charge in [-0.05, 0) is 33.4 Å². The normalized spacial score (nSPS) is 24.9. The molecule has 0 saturated carbocycles. The molecular formula is C56H60O12. The highest BCUT2D eigenvalue weighted by molar-refractivity contribution is 5.66. The molecule has 12 heteroatoms. The lowest BCUT2D eigenvalue weighted by atomic mass is 9.97. The molecule has 12 nitrogen and oxygen atoms in total. The van der Waals surface area contributed by atoms with Gasteiger partial charge in [0.15, 0.2) is 18.7 Å². The maximum atomic E-state index is 13.1. The third-order valence-corrected chi connectivity index (χ3v) is 11.7. The van der Waals surface area contributed by atoms with E-state index in [0.29, 0.717) is 6.61 Å². The predicted octanol–water partition coefficient (Wildman–Crippen LogP) is 8.52. The Hall–Kier alpha value is -5.61. The topological polar surface area (TPSA) is 130 Å². The van der Waals surface area contributed by atoms with E-state index in [1.54, 1.807) is 0 Å². The van der Waals surface area contributed by atoms with Crippen LogP contribution in [0.2, 0.25) is 0 Å². The summed E-state index contributed by atoms with van der Waals surface area (Å²) in [5.74, 6) is -0.567. The Balaban J connectivity index is 1.09. The van der Waals surface area contributed by atoms with Gasteiger partial charge in [-0.25, -0.2) is 0 Å². The zero-order chi connectivity index (χ0) is 46.8. The fourth-order valence-electron chi connectivity index (χ4n) is 8.34. The lowest BCUT2D eigenvalue weighted by molar-refractivity contribution is -0.345. The van der Waals surface area contributed by atoms with Crippen molar-refractivity contribution >= 4 is 5.97 Å². The lowest BCUT2D eigenvalue weighted by Gasteiger charge is -2.47. The van der Waals surface area contributed by atoms with Gasteiger partial charge >= 0.3 is 5.97 Å². The minimum Gasteiger partial charge on any atom is -0.454 e. The highest BCUT2D eigenvalue weighted by Crippen LogP contribution is 2.34. The van der Waals surface area contributed by atoms with E-state index in [1.165, 1.54) is 6.92 Å². The Morgan fingerprint density at radius 2 is 0.721 bits per heavy atom. The van der Waals surface area contributed by atoms with Crippen LogP contribution in [0.1, 0.15) is 40.3 Å². The van der Waals surface area contributed by atoms with E-state index in [4.69, 9.17) is 47.4 Å². The highest BCUT2D eigenvalue weighted by Gasteiger charge is 2.52. The van der Waals surface area contributed by atoms with Crippen molar-refractivity contribution in [1.82, 2.24) is 0 Å². The van der Waals surface area contributed by atoms with E-state index >= 15 is 0 Å². The van der Waals surface area contributed by atoms with Crippen molar-refractivity contribution in [3.63, 3.8) is 0 Å². The van der Waals surface area contributed by atoms with Crippen molar-refractivity contribution < 1.29 is 57.3 Å². The predicted molar refractivity (Wildman–Crippen MR) is 252 cm³/mol. The molecular weight excluding hydrogens is 865 g/mol. The molecule has 0 bridgehead atoms. The van der Waals surface area contributed by atoms with E-state index in [0.717, 1.165) is 33.4 Å². The van der Waals surface area contributed by atoms with Crippen molar-refractivity contribution in [2.24, 2.45) is 0 Å². The Bertz CT molecular complexity index is 2330. The number of benzene rings is 6. The lowest BCUT2D eigenvalue weighted by Crippen LogP contribution is -2.64. The molecule has 6 aromatic carbocycles. The van der Waals surface area contributed by atoms with Crippen LogP contribution >= 0.6 is 0 Å². The number of aliphatic hydroxyl groups is 1. The van der Waals surface area contributed by atoms with Crippen LogP contribution in [-0.4, -0.2) is 85.7 Å². The molecule has 0 radical (unpaired) electrons. The van der Waals surface area contributed by atoms with Gasteiger partial charge in [0, 0.05) is 6.92 Å². The number of rotatable bonds is 23. The van der Waals surface area contributed by atoms with Crippen molar-refractivity contribution in [3.05, 3.63) is 215 Å². The molecule has 2 fully saturated rings. The molecule has 1 N–H and O–H groups in total. The standard InChI is InChI=1S/C56H60O12/c1-40(57)66-54-52(63-36-45-28-16-6-17-29-45)49(60-33-42-22-10-3-11-23-42)47(38-59-32-41-20-8-2-9-21-41)68-56(54)65-39-48-50(61-34-43-24-12-4-13-25-43)51(62-35-44-26-14-5-15-27-44)53(55(58)67-48)64-37-46-30-18-7-19-31-46/h2-31,47-56,58H,32-39H2,1H3/t47-,48-,49-,50-,51+,52+,53+,54-,55+,56-/m1/s1. The number of ether oxygens (including phenoxy) is 10. The number of aliphatic hydroxyl groups excluding tert-OH is 1. The molecule has 6 aromatic rings. The van der Waals surface area contributed by atoms with E-state index in [9.17, 15) is 9.90 Å². The van der Waals surface area contributed by atoms with Crippen LogP contribution in [0.3, 0.4) is 0 Å². The summed E-state index contributed by atoms with van der Waals surface area (Å²) in [4.78, 5) is 13.1. The molecule has 0 amide bonds. The van der Waals surface area contributed by atoms with Crippen molar-refractivity contribution in [1.29, 1.82) is 0 Å². The fraction of sp³-hybridized carbons (Fsp3) is 0.339. The Kier molecular flexibility index (Phi) is 18.4. The van der Waals surface area contributed by atoms with Gasteiger partial charge in [0.05, 0.1) is 52.9 Å². The smallest absolute Gasteiger partial charge is 0.303 e. The summed E-state index contributed by atoms with van der Waals surface area (Å²) in [6, 6.07) is 58.6. The zero-order valence-corrected chi connectivity index (χ0v) is 38.2. The molecule has 2 heterocycles. The number of hydrogen-bond donors (Lipinski definition) is 1. The zero-order valence-electron chi connectivity index (χ0n) is 38.2. The first-order chi connectivity index (χ1) is 33.5. The number of esters is 1. The first-order valence-corrected chi connectivity index (χ1v) is 23.1. The SMILES string of the molecule is CC(=O)O[C@H]1[C@H](OC[C@H]2O[C@H](O)[C@@H](OCc3ccccc3)[C@@H](OCc3ccccc3)[C@@H]2OCc2ccccc2)O[C@H](COCc2ccccc2)[C@@H](OCc2ccccc2)[C@@H]1OCc1ccccc1. The number of carbonyl (C=O) groups is 1. The van der Waals surface area contributed by atoms with E-state index in [-0.39, 0.29) is 46.2 Å². The Morgan fingerprint density at radius 3 is 1.10 bits per heavy atom. The molecule has 68 heavy (non-hydrogen) atoms. The molecule has 356 valence electrons. The summed E-state index contributed by atoms with van der Waals surface area (Å²) in [6.07, 6.45) is -9.79. The van der Waals surface area contributed by atoms with Gasteiger partial charge in [-0.1, -0.05) is 182 Å². The van der Waals surface area contributed by atoms with Crippen LogP contribution in [0.25, 0.3) is 0 Å². The summed E-state index contributed by atoms with van der Waals surface area (Å²) in [5, 5.41) is 11.8. The Labute approximate surface area is 398 Å². The van der Waals surface area contributed by atoms with Gasteiger partial charge in [0.2, 0.25) is 0 Å². The second-order valence-electron chi connectivity index (χ2n) is 16.8.